The molecular formula is C17H17N5O5. The lowest BCUT2D eigenvalue weighted by Crippen LogP contribution is -2.28. The molecule has 10 heteroatoms. The van der Waals surface area contributed by atoms with Crippen LogP contribution in [0, 0.1) is 10.1 Å². The molecule has 0 aliphatic heterocycles. The molecular weight excluding hydrogens is 354 g/mol. The minimum atomic E-state index is -0.453. The Labute approximate surface area is 153 Å². The number of nitro benzene ring substituents is 1. The van der Waals surface area contributed by atoms with E-state index in [0.717, 1.165) is 5.69 Å². The molecule has 0 atom stereocenters. The van der Waals surface area contributed by atoms with Crippen molar-refractivity contribution < 1.29 is 18.7 Å². The van der Waals surface area contributed by atoms with Crippen molar-refractivity contribution in [2.75, 3.05) is 18.4 Å². The average Bonchev–Trinajstić information content (AvgIpc) is 3.35. The van der Waals surface area contributed by atoms with Gasteiger partial charge in [-0.05, 0) is 24.3 Å². The molecule has 0 saturated heterocycles. The van der Waals surface area contributed by atoms with Gasteiger partial charge in [-0.1, -0.05) is 5.16 Å². The van der Waals surface area contributed by atoms with E-state index in [0.29, 0.717) is 37.0 Å². The summed E-state index contributed by atoms with van der Waals surface area (Å²) >= 11 is 0. The van der Waals surface area contributed by atoms with Crippen LogP contribution in [0.3, 0.4) is 0 Å². The SMILES string of the molecule is O=C(CCc1nc(-c2ccco2)no1)NCCNc1ccc([N+](=O)[O-])cc1. The Hall–Kier alpha value is -3.69. The van der Waals surface area contributed by atoms with Crippen LogP contribution in [0.5, 0.6) is 0 Å². The van der Waals surface area contributed by atoms with Gasteiger partial charge in [0.2, 0.25) is 17.6 Å². The molecule has 2 aromatic heterocycles. The summed E-state index contributed by atoms with van der Waals surface area (Å²) in [6, 6.07) is 9.52. The van der Waals surface area contributed by atoms with E-state index in [1.165, 1.54) is 18.4 Å². The van der Waals surface area contributed by atoms with Crippen molar-refractivity contribution in [3.63, 3.8) is 0 Å². The number of nitrogens with zero attached hydrogens (tertiary/aromatic N) is 3. The topological polar surface area (TPSA) is 136 Å². The van der Waals surface area contributed by atoms with Gasteiger partial charge in [-0.2, -0.15) is 4.98 Å². The van der Waals surface area contributed by atoms with Gasteiger partial charge in [0, 0.05) is 43.8 Å². The molecule has 0 fully saturated rings. The number of anilines is 1. The molecule has 3 rings (SSSR count). The van der Waals surface area contributed by atoms with E-state index in [9.17, 15) is 14.9 Å². The molecule has 1 aromatic carbocycles. The van der Waals surface area contributed by atoms with Crippen LogP contribution in [0.1, 0.15) is 12.3 Å². The second kappa shape index (κ2) is 8.61. The van der Waals surface area contributed by atoms with E-state index >= 15 is 0 Å². The third kappa shape index (κ3) is 5.14. The molecule has 0 aliphatic carbocycles. The molecule has 0 spiro atoms. The van der Waals surface area contributed by atoms with Crippen molar-refractivity contribution in [3.8, 4) is 11.6 Å². The molecule has 0 unspecified atom stereocenters. The monoisotopic (exact) mass is 371 g/mol. The minimum absolute atomic E-state index is 0.0325. The number of carbonyl (C=O) groups excluding carboxylic acids is 1. The van der Waals surface area contributed by atoms with Gasteiger partial charge < -0.3 is 19.6 Å². The number of nitro groups is 1. The summed E-state index contributed by atoms with van der Waals surface area (Å²) in [4.78, 5) is 26.2. The van der Waals surface area contributed by atoms with Crippen LogP contribution in [-0.4, -0.2) is 34.1 Å². The Morgan fingerprint density at radius 3 is 2.70 bits per heavy atom. The first-order valence-corrected chi connectivity index (χ1v) is 8.23. The molecule has 0 aliphatic rings. The van der Waals surface area contributed by atoms with Crippen molar-refractivity contribution in [1.82, 2.24) is 15.5 Å². The fourth-order valence-corrected chi connectivity index (χ4v) is 2.28. The van der Waals surface area contributed by atoms with Gasteiger partial charge in [-0.3, -0.25) is 14.9 Å². The molecule has 1 amide bonds. The number of furan rings is 1. The van der Waals surface area contributed by atoms with Crippen molar-refractivity contribution in [2.45, 2.75) is 12.8 Å². The second-order valence-electron chi connectivity index (χ2n) is 5.57. The van der Waals surface area contributed by atoms with Crippen LogP contribution in [0.15, 0.2) is 51.6 Å². The van der Waals surface area contributed by atoms with E-state index in [4.69, 9.17) is 8.94 Å². The molecule has 2 heterocycles. The highest BCUT2D eigenvalue weighted by Crippen LogP contribution is 2.16. The average molecular weight is 371 g/mol. The molecule has 0 saturated carbocycles. The smallest absolute Gasteiger partial charge is 0.269 e. The molecule has 27 heavy (non-hydrogen) atoms. The van der Waals surface area contributed by atoms with Gasteiger partial charge in [0.1, 0.15) is 0 Å². The molecule has 0 radical (unpaired) electrons. The highest BCUT2D eigenvalue weighted by molar-refractivity contribution is 5.76. The Kier molecular flexibility index (Phi) is 5.77. The maximum absolute atomic E-state index is 11.9. The van der Waals surface area contributed by atoms with Gasteiger partial charge in [-0.25, -0.2) is 0 Å². The lowest BCUT2D eigenvalue weighted by molar-refractivity contribution is -0.384. The third-order valence-corrected chi connectivity index (χ3v) is 3.63. The zero-order chi connectivity index (χ0) is 19.1. The maximum atomic E-state index is 11.9. The van der Waals surface area contributed by atoms with Gasteiger partial charge in [0.05, 0.1) is 11.2 Å². The zero-order valence-corrected chi connectivity index (χ0v) is 14.3. The number of non-ortho nitro benzene ring substituents is 1. The van der Waals surface area contributed by atoms with Crippen molar-refractivity contribution >= 4 is 17.3 Å². The molecule has 10 nitrogen and oxygen atoms in total. The predicted molar refractivity (Wildman–Crippen MR) is 94.9 cm³/mol. The summed E-state index contributed by atoms with van der Waals surface area (Å²) < 4.78 is 10.3. The van der Waals surface area contributed by atoms with Gasteiger partial charge >= 0.3 is 0 Å². The molecule has 3 aromatic rings. The fraction of sp³-hybridized carbons (Fsp3) is 0.235. The normalized spacial score (nSPS) is 10.5. The third-order valence-electron chi connectivity index (χ3n) is 3.63. The summed E-state index contributed by atoms with van der Waals surface area (Å²) in [5.41, 5.74) is 0.774. The first-order chi connectivity index (χ1) is 13.1. The molecule has 0 bridgehead atoms. The Morgan fingerprint density at radius 1 is 1.19 bits per heavy atom. The van der Waals surface area contributed by atoms with Gasteiger partial charge in [0.25, 0.3) is 5.69 Å². The van der Waals surface area contributed by atoms with Crippen molar-refractivity contribution in [3.05, 3.63) is 58.7 Å². The Morgan fingerprint density at radius 2 is 2.00 bits per heavy atom. The first-order valence-electron chi connectivity index (χ1n) is 8.23. The Bertz CT molecular complexity index is 889. The van der Waals surface area contributed by atoms with Crippen LogP contribution in [-0.2, 0) is 11.2 Å². The van der Waals surface area contributed by atoms with E-state index in [-0.39, 0.29) is 18.0 Å². The number of aryl methyl sites for hydroxylation is 1. The largest absolute Gasteiger partial charge is 0.461 e. The number of hydrogen-bond acceptors (Lipinski definition) is 8. The summed E-state index contributed by atoms with van der Waals surface area (Å²) in [6.07, 6.45) is 2.07. The number of carbonyl (C=O) groups is 1. The van der Waals surface area contributed by atoms with Crippen LogP contribution in [0.25, 0.3) is 11.6 Å². The molecule has 2 N–H and O–H groups in total. The summed E-state index contributed by atoms with van der Waals surface area (Å²) in [5.74, 6) is 1.08. The van der Waals surface area contributed by atoms with Crippen LogP contribution >= 0.6 is 0 Å². The zero-order valence-electron chi connectivity index (χ0n) is 14.3. The fourth-order valence-electron chi connectivity index (χ4n) is 2.28. The maximum Gasteiger partial charge on any atom is 0.269 e. The second-order valence-corrected chi connectivity index (χ2v) is 5.57. The van der Waals surface area contributed by atoms with Crippen LogP contribution in [0.4, 0.5) is 11.4 Å². The number of nitrogens with one attached hydrogen (secondary N) is 2. The highest BCUT2D eigenvalue weighted by atomic mass is 16.6. The van der Waals surface area contributed by atoms with E-state index in [2.05, 4.69) is 20.8 Å². The van der Waals surface area contributed by atoms with Crippen LogP contribution in [0.2, 0.25) is 0 Å². The summed E-state index contributed by atoms with van der Waals surface area (Å²) in [5, 5.41) is 20.2. The number of benzene rings is 1. The van der Waals surface area contributed by atoms with Crippen LogP contribution < -0.4 is 10.6 Å². The van der Waals surface area contributed by atoms with Crippen molar-refractivity contribution in [1.29, 1.82) is 0 Å². The van der Waals surface area contributed by atoms with Gasteiger partial charge in [-0.15, -0.1) is 0 Å². The quantitative estimate of drug-likeness (QED) is 0.332. The standard InChI is InChI=1S/C17H17N5O5/c23-15(7-8-16-20-17(21-27-16)14-2-1-11-26-14)19-10-9-18-12-3-5-13(6-4-12)22(24)25/h1-6,11,18H,7-10H2,(H,19,23). The number of amides is 1. The number of hydrogen-bond donors (Lipinski definition) is 2. The number of aromatic nitrogens is 2. The summed E-state index contributed by atoms with van der Waals surface area (Å²) in [7, 11) is 0. The van der Waals surface area contributed by atoms with Crippen molar-refractivity contribution in [2.24, 2.45) is 0 Å². The minimum Gasteiger partial charge on any atom is -0.461 e. The van der Waals surface area contributed by atoms with E-state index in [1.807, 2.05) is 0 Å². The van der Waals surface area contributed by atoms with Gasteiger partial charge in [0.15, 0.2) is 5.76 Å². The first kappa shape index (κ1) is 18.1. The molecule has 140 valence electrons. The lowest BCUT2D eigenvalue weighted by Gasteiger charge is -2.07. The lowest BCUT2D eigenvalue weighted by atomic mass is 10.3. The summed E-state index contributed by atoms with van der Waals surface area (Å²) in [6.45, 7) is 0.907. The van der Waals surface area contributed by atoms with E-state index < -0.39 is 4.92 Å². The van der Waals surface area contributed by atoms with E-state index in [1.54, 1.807) is 24.3 Å². The highest BCUT2D eigenvalue weighted by Gasteiger charge is 2.12. The predicted octanol–water partition coefficient (Wildman–Crippen LogP) is 2.40. The number of rotatable bonds is 9. The Balaban J connectivity index is 1.34.